The summed E-state index contributed by atoms with van der Waals surface area (Å²) in [5.74, 6) is -0.563. The Balaban J connectivity index is 2.70. The third kappa shape index (κ3) is 3.53. The zero-order valence-corrected chi connectivity index (χ0v) is 11.1. The first-order valence-corrected chi connectivity index (χ1v) is 5.76. The molecule has 1 aromatic carbocycles. The predicted octanol–water partition coefficient (Wildman–Crippen LogP) is 1.21. The van der Waals surface area contributed by atoms with Crippen LogP contribution in [0.3, 0.4) is 0 Å². The van der Waals surface area contributed by atoms with Crippen LogP contribution < -0.4 is 10.6 Å². The van der Waals surface area contributed by atoms with E-state index in [2.05, 4.69) is 39.2 Å². The van der Waals surface area contributed by atoms with E-state index in [4.69, 9.17) is 0 Å². The second kappa shape index (κ2) is 5.91. The molecule has 86 valence electrons. The van der Waals surface area contributed by atoms with E-state index in [0.29, 0.717) is 10.5 Å². The summed E-state index contributed by atoms with van der Waals surface area (Å²) in [5.41, 5.74) is 0.440. The summed E-state index contributed by atoms with van der Waals surface area (Å²) >= 11 is 7.46. The molecule has 0 heterocycles. The lowest BCUT2D eigenvalue weighted by Gasteiger charge is -2.06. The van der Waals surface area contributed by atoms with Crippen LogP contribution in [0, 0.1) is 0 Å². The minimum absolute atomic E-state index is 0.0430. The van der Waals surface area contributed by atoms with Crippen LogP contribution in [0.5, 0.6) is 0 Å². The maximum Gasteiger partial charge on any atom is 0.252 e. The third-order valence-electron chi connectivity index (χ3n) is 1.89. The molecule has 0 radical (unpaired) electrons. The fraction of sp³-hybridized carbons (Fsp3) is 0.200. The molecule has 0 atom stereocenters. The van der Waals surface area contributed by atoms with Gasteiger partial charge < -0.3 is 10.6 Å². The Hall–Kier alpha value is -1.01. The minimum atomic E-state index is -0.318. The van der Waals surface area contributed by atoms with Gasteiger partial charge in [0.1, 0.15) is 0 Å². The Morgan fingerprint density at radius 2 is 2.12 bits per heavy atom. The lowest BCUT2D eigenvalue weighted by atomic mass is 10.2. The SMILES string of the molecule is CNC(=O)CNC(=O)c1ccc(Br)cc1S. The minimum Gasteiger partial charge on any atom is -0.358 e. The molecule has 0 aliphatic heterocycles. The van der Waals surface area contributed by atoms with E-state index >= 15 is 0 Å². The first-order valence-electron chi connectivity index (χ1n) is 4.52. The molecule has 6 heteroatoms. The molecule has 0 spiro atoms. The molecule has 0 saturated heterocycles. The number of hydrogen-bond donors (Lipinski definition) is 3. The van der Waals surface area contributed by atoms with E-state index in [1.165, 1.54) is 7.05 Å². The molecular weight excluding hydrogens is 292 g/mol. The number of thiol groups is 1. The van der Waals surface area contributed by atoms with Crippen LogP contribution >= 0.6 is 28.6 Å². The van der Waals surface area contributed by atoms with Gasteiger partial charge in [-0.25, -0.2) is 0 Å². The smallest absolute Gasteiger partial charge is 0.252 e. The van der Waals surface area contributed by atoms with Gasteiger partial charge in [-0.15, -0.1) is 12.6 Å². The monoisotopic (exact) mass is 302 g/mol. The van der Waals surface area contributed by atoms with Crippen LogP contribution in [0.4, 0.5) is 0 Å². The van der Waals surface area contributed by atoms with Crippen molar-refractivity contribution in [1.82, 2.24) is 10.6 Å². The molecule has 1 aromatic rings. The average molecular weight is 303 g/mol. The van der Waals surface area contributed by atoms with Gasteiger partial charge in [0.05, 0.1) is 12.1 Å². The van der Waals surface area contributed by atoms with E-state index in [-0.39, 0.29) is 18.4 Å². The second-order valence-electron chi connectivity index (χ2n) is 3.02. The maximum atomic E-state index is 11.6. The summed E-state index contributed by atoms with van der Waals surface area (Å²) in [6.45, 7) is -0.0430. The first kappa shape index (κ1) is 13.1. The van der Waals surface area contributed by atoms with E-state index < -0.39 is 0 Å². The van der Waals surface area contributed by atoms with Gasteiger partial charge in [-0.1, -0.05) is 15.9 Å². The number of hydrogen-bond acceptors (Lipinski definition) is 3. The molecule has 4 nitrogen and oxygen atoms in total. The number of carbonyl (C=O) groups is 2. The van der Waals surface area contributed by atoms with Gasteiger partial charge in [0.2, 0.25) is 5.91 Å². The quantitative estimate of drug-likeness (QED) is 0.735. The van der Waals surface area contributed by atoms with Crippen LogP contribution in [0.15, 0.2) is 27.6 Å². The Morgan fingerprint density at radius 1 is 1.44 bits per heavy atom. The number of benzene rings is 1. The van der Waals surface area contributed by atoms with Crippen LogP contribution in [0.1, 0.15) is 10.4 Å². The highest BCUT2D eigenvalue weighted by Gasteiger charge is 2.10. The van der Waals surface area contributed by atoms with E-state index in [1.807, 2.05) is 0 Å². The average Bonchev–Trinajstić information content (AvgIpc) is 2.25. The molecule has 2 N–H and O–H groups in total. The molecule has 2 amide bonds. The number of halogens is 1. The molecule has 0 saturated carbocycles. The topological polar surface area (TPSA) is 58.2 Å². The number of amides is 2. The van der Waals surface area contributed by atoms with Crippen molar-refractivity contribution in [3.05, 3.63) is 28.2 Å². The van der Waals surface area contributed by atoms with Crippen LogP contribution in [0.25, 0.3) is 0 Å². The van der Waals surface area contributed by atoms with Gasteiger partial charge in [0.15, 0.2) is 0 Å². The molecule has 16 heavy (non-hydrogen) atoms. The van der Waals surface area contributed by atoms with Crippen molar-refractivity contribution in [1.29, 1.82) is 0 Å². The molecule has 0 unspecified atom stereocenters. The summed E-state index contributed by atoms with van der Waals surface area (Å²) in [6.07, 6.45) is 0. The van der Waals surface area contributed by atoms with E-state index in [0.717, 1.165) is 4.47 Å². The molecule has 0 aliphatic carbocycles. The largest absolute Gasteiger partial charge is 0.358 e. The predicted molar refractivity (Wildman–Crippen MR) is 67.8 cm³/mol. The van der Waals surface area contributed by atoms with Crippen LogP contribution in [-0.2, 0) is 4.79 Å². The highest BCUT2D eigenvalue weighted by molar-refractivity contribution is 9.10. The van der Waals surface area contributed by atoms with Crippen molar-refractivity contribution < 1.29 is 9.59 Å². The fourth-order valence-electron chi connectivity index (χ4n) is 1.04. The van der Waals surface area contributed by atoms with Gasteiger partial charge in [0, 0.05) is 16.4 Å². The summed E-state index contributed by atoms with van der Waals surface area (Å²) in [6, 6.07) is 5.11. The maximum absolute atomic E-state index is 11.6. The first-order chi connectivity index (χ1) is 7.54. The van der Waals surface area contributed by atoms with Crippen LogP contribution in [-0.4, -0.2) is 25.4 Å². The van der Waals surface area contributed by atoms with Crippen LogP contribution in [0.2, 0.25) is 0 Å². The Kier molecular flexibility index (Phi) is 4.82. The standard InChI is InChI=1S/C10H11BrN2O2S/c1-12-9(14)5-13-10(15)7-3-2-6(11)4-8(7)16/h2-4,16H,5H2,1H3,(H,12,14)(H,13,15). The molecule has 0 aromatic heterocycles. The summed E-state index contributed by atoms with van der Waals surface area (Å²) in [5, 5.41) is 4.91. The summed E-state index contributed by atoms with van der Waals surface area (Å²) < 4.78 is 0.848. The van der Waals surface area contributed by atoms with Crippen molar-refractivity contribution in [2.24, 2.45) is 0 Å². The highest BCUT2D eigenvalue weighted by Crippen LogP contribution is 2.19. The Bertz CT molecular complexity index is 423. The van der Waals surface area contributed by atoms with Crippen molar-refractivity contribution in [2.45, 2.75) is 4.90 Å². The van der Waals surface area contributed by atoms with Gasteiger partial charge in [-0.3, -0.25) is 9.59 Å². The van der Waals surface area contributed by atoms with Gasteiger partial charge in [0.25, 0.3) is 5.91 Å². The fourth-order valence-corrected chi connectivity index (χ4v) is 1.89. The van der Waals surface area contributed by atoms with E-state index in [9.17, 15) is 9.59 Å². The zero-order valence-electron chi connectivity index (χ0n) is 8.58. The van der Waals surface area contributed by atoms with Gasteiger partial charge in [-0.2, -0.15) is 0 Å². The lowest BCUT2D eigenvalue weighted by molar-refractivity contribution is -0.119. The normalized spacial score (nSPS) is 9.69. The number of carbonyl (C=O) groups excluding carboxylic acids is 2. The van der Waals surface area contributed by atoms with Gasteiger partial charge >= 0.3 is 0 Å². The van der Waals surface area contributed by atoms with E-state index in [1.54, 1.807) is 18.2 Å². The Labute approximate surface area is 107 Å². The summed E-state index contributed by atoms with van der Waals surface area (Å²) in [7, 11) is 1.51. The highest BCUT2D eigenvalue weighted by atomic mass is 79.9. The number of likely N-dealkylation sites (N-methyl/N-ethyl adjacent to an activating group) is 1. The zero-order chi connectivity index (χ0) is 12.1. The Morgan fingerprint density at radius 3 is 2.69 bits per heavy atom. The van der Waals surface area contributed by atoms with Crippen molar-refractivity contribution in [3.8, 4) is 0 Å². The molecule has 1 rings (SSSR count). The van der Waals surface area contributed by atoms with Gasteiger partial charge in [-0.05, 0) is 18.2 Å². The van der Waals surface area contributed by atoms with Crippen molar-refractivity contribution in [2.75, 3.05) is 13.6 Å². The summed E-state index contributed by atoms with van der Waals surface area (Å²) in [4.78, 5) is 23.1. The lowest BCUT2D eigenvalue weighted by Crippen LogP contribution is -2.35. The van der Waals surface area contributed by atoms with Crippen molar-refractivity contribution in [3.63, 3.8) is 0 Å². The third-order valence-corrected chi connectivity index (χ3v) is 2.76. The molecule has 0 aliphatic rings. The second-order valence-corrected chi connectivity index (χ2v) is 4.41. The number of nitrogens with one attached hydrogen (secondary N) is 2. The molecule has 0 fully saturated rings. The van der Waals surface area contributed by atoms with Crippen molar-refractivity contribution >= 4 is 40.4 Å². The molecule has 0 bridgehead atoms. The molecular formula is C10H11BrN2O2S. The number of rotatable bonds is 3.